The van der Waals surface area contributed by atoms with Crippen LogP contribution in [-0.4, -0.2) is 25.8 Å². The standard InChI is InChI=1S/C20H23N5O/c1-15-23-24-20-10-9-17(13-25(15)20)22-12-16-6-2-3-8-19(16)26-14-18-7-4-5-11-21-18/h2-8,11,17,22H,9-10,12-14H2,1H3/t17-/m0/s1. The molecule has 1 aromatic carbocycles. The molecule has 134 valence electrons. The molecular weight excluding hydrogens is 326 g/mol. The minimum atomic E-state index is 0.418. The van der Waals surface area contributed by atoms with Gasteiger partial charge in [-0.15, -0.1) is 10.2 Å². The molecule has 6 heteroatoms. The highest BCUT2D eigenvalue weighted by atomic mass is 16.5. The number of ether oxygens (including phenoxy) is 1. The molecule has 2 aromatic heterocycles. The normalized spacial score (nSPS) is 16.3. The molecule has 3 heterocycles. The Kier molecular flexibility index (Phi) is 4.93. The number of hydrogen-bond acceptors (Lipinski definition) is 5. The highest BCUT2D eigenvalue weighted by Crippen LogP contribution is 2.20. The fourth-order valence-corrected chi connectivity index (χ4v) is 3.31. The van der Waals surface area contributed by atoms with Crippen LogP contribution in [0.2, 0.25) is 0 Å². The number of aromatic nitrogens is 4. The molecule has 6 nitrogen and oxygen atoms in total. The largest absolute Gasteiger partial charge is 0.487 e. The highest BCUT2D eigenvalue weighted by Gasteiger charge is 2.21. The Hall–Kier alpha value is -2.73. The van der Waals surface area contributed by atoms with E-state index in [2.05, 4.69) is 31.1 Å². The molecule has 0 saturated carbocycles. The Bertz CT molecular complexity index is 862. The number of fused-ring (bicyclic) bond motifs is 1. The van der Waals surface area contributed by atoms with Crippen molar-refractivity contribution in [3.63, 3.8) is 0 Å². The second-order valence-electron chi connectivity index (χ2n) is 6.61. The minimum Gasteiger partial charge on any atom is -0.487 e. The van der Waals surface area contributed by atoms with Crippen LogP contribution < -0.4 is 10.1 Å². The molecule has 0 amide bonds. The Labute approximate surface area is 153 Å². The zero-order chi connectivity index (χ0) is 17.8. The highest BCUT2D eigenvalue weighted by molar-refractivity contribution is 5.33. The maximum Gasteiger partial charge on any atom is 0.133 e. The Morgan fingerprint density at radius 2 is 2.04 bits per heavy atom. The molecule has 1 aliphatic heterocycles. The molecule has 0 unspecified atom stereocenters. The average Bonchev–Trinajstić information content (AvgIpc) is 3.06. The van der Waals surface area contributed by atoms with Gasteiger partial charge in [-0.25, -0.2) is 0 Å². The molecule has 1 N–H and O–H groups in total. The van der Waals surface area contributed by atoms with Gasteiger partial charge < -0.3 is 14.6 Å². The van der Waals surface area contributed by atoms with E-state index in [1.54, 1.807) is 6.20 Å². The molecule has 4 rings (SSSR count). The summed E-state index contributed by atoms with van der Waals surface area (Å²) in [5.41, 5.74) is 2.09. The van der Waals surface area contributed by atoms with Crippen LogP contribution >= 0.6 is 0 Å². The third-order valence-electron chi connectivity index (χ3n) is 4.79. The van der Waals surface area contributed by atoms with Crippen molar-refractivity contribution >= 4 is 0 Å². The van der Waals surface area contributed by atoms with Crippen LogP contribution in [0.1, 0.15) is 29.3 Å². The van der Waals surface area contributed by atoms with Crippen LogP contribution in [0, 0.1) is 6.92 Å². The van der Waals surface area contributed by atoms with Gasteiger partial charge in [0.15, 0.2) is 0 Å². The lowest BCUT2D eigenvalue weighted by atomic mass is 10.1. The first-order chi connectivity index (χ1) is 12.8. The van der Waals surface area contributed by atoms with E-state index in [0.717, 1.165) is 54.6 Å². The van der Waals surface area contributed by atoms with Crippen molar-refractivity contribution in [1.29, 1.82) is 0 Å². The number of rotatable bonds is 6. The number of pyridine rings is 1. The smallest absolute Gasteiger partial charge is 0.133 e. The van der Waals surface area contributed by atoms with Gasteiger partial charge in [-0.2, -0.15) is 0 Å². The van der Waals surface area contributed by atoms with E-state index in [-0.39, 0.29) is 0 Å². The van der Waals surface area contributed by atoms with Crippen molar-refractivity contribution < 1.29 is 4.74 Å². The molecule has 0 aliphatic carbocycles. The number of nitrogens with zero attached hydrogens (tertiary/aromatic N) is 4. The summed E-state index contributed by atoms with van der Waals surface area (Å²) in [5.74, 6) is 2.99. The summed E-state index contributed by atoms with van der Waals surface area (Å²) in [4.78, 5) is 4.31. The molecule has 1 aliphatic rings. The lowest BCUT2D eigenvalue weighted by Crippen LogP contribution is -2.37. The van der Waals surface area contributed by atoms with E-state index in [0.29, 0.717) is 12.6 Å². The first-order valence-corrected chi connectivity index (χ1v) is 9.02. The van der Waals surface area contributed by atoms with E-state index < -0.39 is 0 Å². The molecule has 0 spiro atoms. The predicted octanol–water partition coefficient (Wildman–Crippen LogP) is 2.67. The maximum atomic E-state index is 6.00. The molecule has 0 saturated heterocycles. The lowest BCUT2D eigenvalue weighted by Gasteiger charge is -2.25. The second kappa shape index (κ2) is 7.66. The van der Waals surface area contributed by atoms with Crippen molar-refractivity contribution in [3.05, 3.63) is 71.6 Å². The Morgan fingerprint density at radius 3 is 2.92 bits per heavy atom. The number of benzene rings is 1. The SMILES string of the molecule is Cc1nnc2n1C[C@@H](NCc1ccccc1OCc1ccccn1)CC2. The lowest BCUT2D eigenvalue weighted by molar-refractivity contribution is 0.295. The van der Waals surface area contributed by atoms with Gasteiger partial charge in [0.1, 0.15) is 24.0 Å². The number of hydrogen-bond donors (Lipinski definition) is 1. The average molecular weight is 349 g/mol. The van der Waals surface area contributed by atoms with Gasteiger partial charge in [0.2, 0.25) is 0 Å². The zero-order valence-electron chi connectivity index (χ0n) is 14.9. The first-order valence-electron chi connectivity index (χ1n) is 9.02. The third-order valence-corrected chi connectivity index (χ3v) is 4.79. The van der Waals surface area contributed by atoms with Gasteiger partial charge in [0.25, 0.3) is 0 Å². The van der Waals surface area contributed by atoms with Crippen LogP contribution in [0.4, 0.5) is 0 Å². The van der Waals surface area contributed by atoms with E-state index in [1.807, 2.05) is 43.3 Å². The summed E-state index contributed by atoms with van der Waals surface area (Å²) in [5, 5.41) is 12.1. The van der Waals surface area contributed by atoms with Crippen LogP contribution in [0.5, 0.6) is 5.75 Å². The van der Waals surface area contributed by atoms with Gasteiger partial charge >= 0.3 is 0 Å². The van der Waals surface area contributed by atoms with Crippen molar-refractivity contribution in [1.82, 2.24) is 25.1 Å². The number of nitrogens with one attached hydrogen (secondary N) is 1. The van der Waals surface area contributed by atoms with E-state index in [9.17, 15) is 0 Å². The third kappa shape index (κ3) is 3.75. The monoisotopic (exact) mass is 349 g/mol. The number of para-hydroxylation sites is 1. The number of aryl methyl sites for hydroxylation is 2. The van der Waals surface area contributed by atoms with Crippen LogP contribution in [0.3, 0.4) is 0 Å². The molecule has 3 aromatic rings. The fraction of sp³-hybridized carbons (Fsp3) is 0.350. The molecule has 0 radical (unpaired) electrons. The molecule has 1 atom stereocenters. The summed E-state index contributed by atoms with van der Waals surface area (Å²) in [6, 6.07) is 14.5. The topological polar surface area (TPSA) is 64.9 Å². The van der Waals surface area contributed by atoms with Gasteiger partial charge in [0, 0.05) is 37.3 Å². The van der Waals surface area contributed by atoms with E-state index >= 15 is 0 Å². The van der Waals surface area contributed by atoms with E-state index in [1.165, 1.54) is 0 Å². The predicted molar refractivity (Wildman–Crippen MR) is 98.7 cm³/mol. The summed E-state index contributed by atoms with van der Waals surface area (Å²) < 4.78 is 8.21. The van der Waals surface area contributed by atoms with Crippen molar-refractivity contribution in [2.45, 2.75) is 45.5 Å². The van der Waals surface area contributed by atoms with Gasteiger partial charge in [0.05, 0.1) is 5.69 Å². The molecule has 0 bridgehead atoms. The van der Waals surface area contributed by atoms with Crippen molar-refractivity contribution in [3.8, 4) is 5.75 Å². The quantitative estimate of drug-likeness (QED) is 0.741. The Balaban J connectivity index is 1.37. The van der Waals surface area contributed by atoms with Crippen LogP contribution in [0.25, 0.3) is 0 Å². The van der Waals surface area contributed by atoms with Crippen LogP contribution in [0.15, 0.2) is 48.7 Å². The summed E-state index contributed by atoms with van der Waals surface area (Å²) in [7, 11) is 0. The summed E-state index contributed by atoms with van der Waals surface area (Å²) in [6.07, 6.45) is 3.84. The van der Waals surface area contributed by atoms with Crippen molar-refractivity contribution in [2.24, 2.45) is 0 Å². The fourth-order valence-electron chi connectivity index (χ4n) is 3.31. The van der Waals surface area contributed by atoms with Gasteiger partial charge in [-0.1, -0.05) is 24.3 Å². The maximum absolute atomic E-state index is 6.00. The van der Waals surface area contributed by atoms with E-state index in [4.69, 9.17) is 4.74 Å². The van der Waals surface area contributed by atoms with Gasteiger partial charge in [-0.05, 0) is 31.5 Å². The molecular formula is C20H23N5O. The minimum absolute atomic E-state index is 0.418. The van der Waals surface area contributed by atoms with Gasteiger partial charge in [-0.3, -0.25) is 4.98 Å². The van der Waals surface area contributed by atoms with Crippen LogP contribution in [-0.2, 0) is 26.1 Å². The first kappa shape index (κ1) is 16.7. The summed E-state index contributed by atoms with van der Waals surface area (Å²) in [6.45, 7) is 4.19. The summed E-state index contributed by atoms with van der Waals surface area (Å²) >= 11 is 0. The molecule has 26 heavy (non-hydrogen) atoms. The zero-order valence-corrected chi connectivity index (χ0v) is 14.9. The molecule has 0 fully saturated rings. The Morgan fingerprint density at radius 1 is 1.15 bits per heavy atom. The second-order valence-corrected chi connectivity index (χ2v) is 6.61. The van der Waals surface area contributed by atoms with Crippen molar-refractivity contribution in [2.75, 3.05) is 0 Å².